The van der Waals surface area contributed by atoms with Crippen LogP contribution in [0.1, 0.15) is 52.9 Å². The van der Waals surface area contributed by atoms with Gasteiger partial charge in [-0.05, 0) is 106 Å². The summed E-state index contributed by atoms with van der Waals surface area (Å²) in [6, 6.07) is 23.1. The number of carboxylic acids is 1. The fourth-order valence-corrected chi connectivity index (χ4v) is 6.11. The van der Waals surface area contributed by atoms with Crippen LogP contribution in [0, 0.1) is 25.5 Å². The maximum absolute atomic E-state index is 13.4. The molecule has 2 heterocycles. The zero-order valence-corrected chi connectivity index (χ0v) is 29.8. The van der Waals surface area contributed by atoms with E-state index in [1.807, 2.05) is 57.2 Å². The molecule has 0 aliphatic heterocycles. The summed E-state index contributed by atoms with van der Waals surface area (Å²) in [6.45, 7) is 8.92. The first kappa shape index (κ1) is 34.8. The summed E-state index contributed by atoms with van der Waals surface area (Å²) in [5.74, 6) is -2.18. The van der Waals surface area contributed by atoms with Gasteiger partial charge in [-0.2, -0.15) is 0 Å². The summed E-state index contributed by atoms with van der Waals surface area (Å²) in [6.07, 6.45) is 0. The highest BCUT2D eigenvalue weighted by molar-refractivity contribution is 9.10. The summed E-state index contributed by atoms with van der Waals surface area (Å²) in [7, 11) is 0. The fourth-order valence-electron chi connectivity index (χ4n) is 5.39. The molecule has 0 radical (unpaired) electrons. The predicted molar refractivity (Wildman–Crippen MR) is 191 cm³/mol. The number of esters is 1. The first-order valence-electron chi connectivity index (χ1n) is 14.8. The van der Waals surface area contributed by atoms with Crippen LogP contribution in [0.4, 0.5) is 8.78 Å². The van der Waals surface area contributed by atoms with Crippen molar-refractivity contribution in [2.75, 3.05) is 0 Å². The van der Waals surface area contributed by atoms with Crippen LogP contribution >= 0.6 is 31.9 Å². The Morgan fingerprint density at radius 3 is 1.46 bits per heavy atom. The Bertz CT molecular complexity index is 2200. The quantitative estimate of drug-likeness (QED) is 0.179. The molecule has 0 amide bonds. The zero-order chi connectivity index (χ0) is 34.9. The number of fused-ring (bicyclic) bond motifs is 2. The van der Waals surface area contributed by atoms with E-state index < -0.39 is 17.5 Å². The van der Waals surface area contributed by atoms with E-state index in [1.165, 1.54) is 24.3 Å². The van der Waals surface area contributed by atoms with Crippen molar-refractivity contribution < 1.29 is 28.2 Å². The second kappa shape index (κ2) is 13.9. The van der Waals surface area contributed by atoms with E-state index in [2.05, 4.69) is 41.8 Å². The Morgan fingerprint density at radius 1 is 0.667 bits per heavy atom. The third-order valence-corrected chi connectivity index (χ3v) is 8.32. The highest BCUT2D eigenvalue weighted by Crippen LogP contribution is 2.37. The van der Waals surface area contributed by atoms with Crippen LogP contribution in [0.3, 0.4) is 0 Å². The van der Waals surface area contributed by atoms with Crippen LogP contribution in [-0.4, -0.2) is 32.6 Å². The molecule has 0 spiro atoms. The predicted octanol–water partition coefficient (Wildman–Crippen LogP) is 10.9. The van der Waals surface area contributed by atoms with Gasteiger partial charge in [-0.25, -0.2) is 18.4 Å². The number of aromatic nitrogens is 2. The van der Waals surface area contributed by atoms with Gasteiger partial charge in [0.1, 0.15) is 17.2 Å². The number of nitrogens with zero attached hydrogens (tertiary/aromatic N) is 2. The Hall–Kier alpha value is -4.54. The number of rotatable bonds is 4. The van der Waals surface area contributed by atoms with Crippen LogP contribution in [0.5, 0.6) is 0 Å². The molecule has 0 saturated heterocycles. The van der Waals surface area contributed by atoms with Gasteiger partial charge in [-0.1, -0.05) is 56.1 Å². The Labute approximate surface area is 293 Å². The number of aromatic carboxylic acids is 1. The van der Waals surface area contributed by atoms with Crippen molar-refractivity contribution in [1.82, 2.24) is 9.97 Å². The molecule has 4 aromatic carbocycles. The summed E-state index contributed by atoms with van der Waals surface area (Å²) in [5, 5.41) is 11.1. The van der Waals surface area contributed by atoms with Crippen molar-refractivity contribution in [1.29, 1.82) is 0 Å². The van der Waals surface area contributed by atoms with Gasteiger partial charge >= 0.3 is 11.9 Å². The van der Waals surface area contributed by atoms with Gasteiger partial charge in [0.05, 0.1) is 33.5 Å². The molecule has 6 nitrogen and oxygen atoms in total. The number of halogens is 4. The van der Waals surface area contributed by atoms with Crippen molar-refractivity contribution in [2.24, 2.45) is 0 Å². The van der Waals surface area contributed by atoms with Crippen LogP contribution in [0.15, 0.2) is 93.9 Å². The van der Waals surface area contributed by atoms with Gasteiger partial charge in [0.25, 0.3) is 0 Å². The molecule has 0 unspecified atom stereocenters. The van der Waals surface area contributed by atoms with E-state index in [1.54, 1.807) is 38.1 Å². The minimum atomic E-state index is -1.05. The van der Waals surface area contributed by atoms with Gasteiger partial charge in [-0.3, -0.25) is 9.97 Å². The van der Waals surface area contributed by atoms with E-state index in [4.69, 9.17) is 4.74 Å². The molecule has 6 aromatic rings. The van der Waals surface area contributed by atoms with Crippen LogP contribution < -0.4 is 0 Å². The van der Waals surface area contributed by atoms with Crippen LogP contribution in [0.2, 0.25) is 0 Å². The maximum atomic E-state index is 13.4. The van der Waals surface area contributed by atoms with Crippen molar-refractivity contribution in [2.45, 2.75) is 40.2 Å². The highest BCUT2D eigenvalue weighted by atomic mass is 79.9. The fraction of sp³-hybridized carbons (Fsp3) is 0.158. The molecule has 1 N–H and O–H groups in total. The third kappa shape index (κ3) is 7.61. The van der Waals surface area contributed by atoms with E-state index in [-0.39, 0.29) is 17.2 Å². The number of ether oxygens (including phenoxy) is 1. The lowest BCUT2D eigenvalue weighted by Crippen LogP contribution is -2.25. The summed E-state index contributed by atoms with van der Waals surface area (Å²) in [5.41, 5.74) is 5.01. The lowest BCUT2D eigenvalue weighted by molar-refractivity contribution is 0.00691. The molecule has 2 aromatic heterocycles. The molecule has 244 valence electrons. The average Bonchev–Trinajstić information content (AvgIpc) is 3.00. The van der Waals surface area contributed by atoms with E-state index in [9.17, 15) is 23.5 Å². The topological polar surface area (TPSA) is 89.4 Å². The molecule has 0 fully saturated rings. The number of hydrogen-bond acceptors (Lipinski definition) is 5. The number of carboxylic acid groups (broad SMARTS) is 1. The molecule has 10 heteroatoms. The van der Waals surface area contributed by atoms with Gasteiger partial charge < -0.3 is 9.84 Å². The standard InChI is InChI=1S/C21H19BrFNO2.C17H11BrFNO2/c1-12-18(20(25)26-21(2,3)4)19(13-5-8-15(23)9-6-13)16-11-14(22)7-10-17(16)24-12;1-9-15(17(21)22)16(10-2-5-12(19)6-3-10)13-8-11(18)4-7-14(13)20-9/h5-11H,1-4H3;2-8H,1H3,(H,21,22). The number of pyridine rings is 2. The number of aryl methyl sites for hydroxylation is 2. The molecule has 48 heavy (non-hydrogen) atoms. The van der Waals surface area contributed by atoms with Crippen molar-refractivity contribution in [3.8, 4) is 22.3 Å². The second-order valence-corrected chi connectivity index (χ2v) is 13.9. The molecule has 0 aliphatic rings. The van der Waals surface area contributed by atoms with E-state index in [0.717, 1.165) is 25.4 Å². The largest absolute Gasteiger partial charge is 0.478 e. The number of carbonyl (C=O) groups excluding carboxylic acids is 1. The third-order valence-electron chi connectivity index (χ3n) is 7.34. The molecular weight excluding hydrogens is 746 g/mol. The smallest absolute Gasteiger partial charge is 0.341 e. The van der Waals surface area contributed by atoms with E-state index >= 15 is 0 Å². The lowest BCUT2D eigenvalue weighted by Gasteiger charge is -2.22. The lowest BCUT2D eigenvalue weighted by atomic mass is 9.94. The van der Waals surface area contributed by atoms with E-state index in [0.29, 0.717) is 44.5 Å². The van der Waals surface area contributed by atoms with Gasteiger partial charge in [0, 0.05) is 30.8 Å². The molecule has 0 atom stereocenters. The van der Waals surface area contributed by atoms with Crippen molar-refractivity contribution >= 4 is 65.6 Å². The zero-order valence-electron chi connectivity index (χ0n) is 26.7. The number of hydrogen-bond donors (Lipinski definition) is 1. The van der Waals surface area contributed by atoms with Crippen LogP contribution in [-0.2, 0) is 4.74 Å². The van der Waals surface area contributed by atoms with Crippen molar-refractivity contribution in [3.05, 3.63) is 128 Å². The minimum Gasteiger partial charge on any atom is -0.478 e. The maximum Gasteiger partial charge on any atom is 0.341 e. The monoisotopic (exact) mass is 774 g/mol. The highest BCUT2D eigenvalue weighted by Gasteiger charge is 2.26. The summed E-state index contributed by atoms with van der Waals surface area (Å²) in [4.78, 5) is 33.6. The summed E-state index contributed by atoms with van der Waals surface area (Å²) < 4.78 is 33.9. The number of carbonyl (C=O) groups is 2. The first-order valence-corrected chi connectivity index (χ1v) is 16.4. The van der Waals surface area contributed by atoms with Crippen LogP contribution in [0.25, 0.3) is 44.1 Å². The molecule has 6 rings (SSSR count). The molecule has 0 saturated carbocycles. The Balaban J connectivity index is 0.000000190. The minimum absolute atomic E-state index is 0.136. The van der Waals surface area contributed by atoms with Gasteiger partial charge in [0.15, 0.2) is 0 Å². The van der Waals surface area contributed by atoms with Gasteiger partial charge in [0.2, 0.25) is 0 Å². The van der Waals surface area contributed by atoms with Gasteiger partial charge in [-0.15, -0.1) is 0 Å². The molecule has 0 aliphatic carbocycles. The number of benzene rings is 4. The Morgan fingerprint density at radius 2 is 1.06 bits per heavy atom. The Kier molecular flexibility index (Phi) is 10.1. The summed E-state index contributed by atoms with van der Waals surface area (Å²) >= 11 is 6.87. The first-order chi connectivity index (χ1) is 22.6. The van der Waals surface area contributed by atoms with Crippen molar-refractivity contribution in [3.63, 3.8) is 0 Å². The molecular formula is C38H30Br2F2N2O4. The normalized spacial score (nSPS) is 11.3. The second-order valence-electron chi connectivity index (χ2n) is 12.0. The molecule has 0 bridgehead atoms. The SMILES string of the molecule is Cc1nc2ccc(Br)cc2c(-c2ccc(F)cc2)c1C(=O)O.Cc1nc2ccc(Br)cc2c(-c2ccc(F)cc2)c1C(=O)OC(C)(C)C. The average molecular weight is 776 g/mol.